The molecule has 1 aliphatic heterocycles. The third-order valence-corrected chi connectivity index (χ3v) is 11.4. The van der Waals surface area contributed by atoms with Crippen LogP contribution in [0.25, 0.3) is 0 Å². The fourth-order valence-corrected chi connectivity index (χ4v) is 8.78. The monoisotopic (exact) mass is 520 g/mol. The molecule has 0 aromatic rings. The highest BCUT2D eigenvalue weighted by molar-refractivity contribution is 5.95. The third kappa shape index (κ3) is 3.50. The zero-order chi connectivity index (χ0) is 27.3. The molecule has 9 nitrogen and oxygen atoms in total. The maximum Gasteiger partial charge on any atom is 0.309 e. The first-order chi connectivity index (χ1) is 17.1. The van der Waals surface area contributed by atoms with Crippen LogP contribution in [0.1, 0.15) is 66.2 Å². The van der Waals surface area contributed by atoms with Gasteiger partial charge in [-0.05, 0) is 62.0 Å². The van der Waals surface area contributed by atoms with Crippen molar-refractivity contribution < 1.29 is 44.7 Å². The summed E-state index contributed by atoms with van der Waals surface area (Å²) in [5.41, 5.74) is -5.07. The highest BCUT2D eigenvalue weighted by Crippen LogP contribution is 2.68. The van der Waals surface area contributed by atoms with Gasteiger partial charge in [-0.1, -0.05) is 20.8 Å². The third-order valence-electron chi connectivity index (χ3n) is 11.4. The van der Waals surface area contributed by atoms with Gasteiger partial charge in [0.25, 0.3) is 0 Å². The minimum atomic E-state index is -1.88. The number of hydrogen-bond acceptors (Lipinski definition) is 9. The Morgan fingerprint density at radius 3 is 2.43 bits per heavy atom. The number of ether oxygens (including phenoxy) is 1. The molecule has 0 aromatic carbocycles. The van der Waals surface area contributed by atoms with Crippen LogP contribution in [-0.4, -0.2) is 79.2 Å². The van der Waals surface area contributed by atoms with Crippen molar-refractivity contribution in [1.82, 2.24) is 0 Å². The van der Waals surface area contributed by atoms with Crippen LogP contribution in [-0.2, 0) is 19.1 Å². The van der Waals surface area contributed by atoms with Gasteiger partial charge in [0.15, 0.2) is 11.6 Å². The van der Waals surface area contributed by atoms with Crippen LogP contribution >= 0.6 is 0 Å². The van der Waals surface area contributed by atoms with Crippen molar-refractivity contribution in [1.29, 1.82) is 0 Å². The summed E-state index contributed by atoms with van der Waals surface area (Å²) in [6, 6.07) is 0. The number of carbonyl (C=O) groups is 3. The van der Waals surface area contributed by atoms with E-state index >= 15 is 0 Å². The number of esters is 1. The summed E-state index contributed by atoms with van der Waals surface area (Å²) in [5.74, 6) is -3.54. The van der Waals surface area contributed by atoms with Crippen molar-refractivity contribution in [3.05, 3.63) is 11.6 Å². The summed E-state index contributed by atoms with van der Waals surface area (Å²) in [7, 11) is 0. The molecule has 5 aliphatic rings. The average Bonchev–Trinajstić information content (AvgIpc) is 3.29. The van der Waals surface area contributed by atoms with Gasteiger partial charge < -0.3 is 30.3 Å². The predicted octanol–water partition coefficient (Wildman–Crippen LogP) is 0.681. The van der Waals surface area contributed by atoms with E-state index in [1.54, 1.807) is 13.8 Å². The van der Waals surface area contributed by atoms with E-state index in [4.69, 9.17) is 4.74 Å². The molecule has 0 aromatic heterocycles. The van der Waals surface area contributed by atoms with Gasteiger partial charge in [-0.3, -0.25) is 14.4 Å². The average molecular weight is 521 g/mol. The minimum absolute atomic E-state index is 0.0508. The minimum Gasteiger partial charge on any atom is -0.465 e. The Labute approximate surface area is 216 Å². The van der Waals surface area contributed by atoms with Crippen molar-refractivity contribution in [3.8, 4) is 0 Å². The normalized spacial score (nSPS) is 50.9. The molecule has 5 N–H and O–H groups in total. The first-order valence-electron chi connectivity index (χ1n) is 13.5. The first-order valence-corrected chi connectivity index (χ1v) is 13.5. The Morgan fingerprint density at radius 2 is 1.81 bits per heavy atom. The van der Waals surface area contributed by atoms with E-state index in [0.29, 0.717) is 5.57 Å². The molecule has 3 saturated carbocycles. The number of fused-ring (bicyclic) bond motifs is 5. The van der Waals surface area contributed by atoms with E-state index in [9.17, 15) is 39.9 Å². The molecule has 1 saturated heterocycles. The Balaban J connectivity index is 1.49. The topological polar surface area (TPSA) is 162 Å². The molecule has 12 atom stereocenters. The summed E-state index contributed by atoms with van der Waals surface area (Å²) in [5, 5.41) is 56.3. The number of carbonyl (C=O) groups excluding carboxylic acids is 3. The SMILES string of the molecule is CC1C(=O)OCC1CC(=O)C(C)(O)C1CCC2(O)C3=CC(=O)C4CC(O)C(O)CC4(C)C3CC(O)C12C. The van der Waals surface area contributed by atoms with E-state index < -0.39 is 69.8 Å². The van der Waals surface area contributed by atoms with Crippen molar-refractivity contribution in [3.63, 3.8) is 0 Å². The summed E-state index contributed by atoms with van der Waals surface area (Å²) < 4.78 is 5.07. The molecule has 0 radical (unpaired) electrons. The maximum absolute atomic E-state index is 13.4. The molecule has 4 fully saturated rings. The van der Waals surface area contributed by atoms with Crippen molar-refractivity contribution in [2.45, 2.75) is 95.7 Å². The van der Waals surface area contributed by atoms with Gasteiger partial charge in [0.1, 0.15) is 5.60 Å². The largest absolute Gasteiger partial charge is 0.465 e. The maximum atomic E-state index is 13.4. The van der Waals surface area contributed by atoms with Crippen LogP contribution in [0.2, 0.25) is 0 Å². The molecule has 0 spiro atoms. The van der Waals surface area contributed by atoms with Crippen LogP contribution in [0.4, 0.5) is 0 Å². The zero-order valence-corrected chi connectivity index (χ0v) is 22.0. The molecular formula is C28H40O9. The van der Waals surface area contributed by atoms with Crippen LogP contribution in [0.3, 0.4) is 0 Å². The molecule has 206 valence electrons. The number of Topliss-reactive ketones (excluding diaryl/α,β-unsaturated/α-hetero) is 1. The summed E-state index contributed by atoms with van der Waals surface area (Å²) >= 11 is 0. The van der Waals surface area contributed by atoms with Crippen molar-refractivity contribution >= 4 is 17.5 Å². The molecule has 37 heavy (non-hydrogen) atoms. The lowest BCUT2D eigenvalue weighted by molar-refractivity contribution is -0.197. The summed E-state index contributed by atoms with van der Waals surface area (Å²) in [6.45, 7) is 6.82. The van der Waals surface area contributed by atoms with Gasteiger partial charge in [-0.15, -0.1) is 0 Å². The van der Waals surface area contributed by atoms with Gasteiger partial charge in [0.05, 0.1) is 36.4 Å². The van der Waals surface area contributed by atoms with E-state index in [1.165, 1.54) is 13.0 Å². The molecule has 0 bridgehead atoms. The quantitative estimate of drug-likeness (QED) is 0.336. The molecule has 4 aliphatic carbocycles. The summed E-state index contributed by atoms with van der Waals surface area (Å²) in [4.78, 5) is 38.5. The fraction of sp³-hybridized carbons (Fsp3) is 0.821. The Hall–Kier alpha value is -1.65. The van der Waals surface area contributed by atoms with Gasteiger partial charge in [0.2, 0.25) is 0 Å². The van der Waals surface area contributed by atoms with Gasteiger partial charge in [-0.25, -0.2) is 0 Å². The summed E-state index contributed by atoms with van der Waals surface area (Å²) in [6.07, 6.45) is -0.746. The Kier molecular flexibility index (Phi) is 6.13. The second-order valence-electron chi connectivity index (χ2n) is 13.1. The Morgan fingerprint density at radius 1 is 1.14 bits per heavy atom. The molecule has 12 unspecified atom stereocenters. The van der Waals surface area contributed by atoms with Gasteiger partial charge >= 0.3 is 5.97 Å². The van der Waals surface area contributed by atoms with Crippen molar-refractivity contribution in [2.24, 2.45) is 40.4 Å². The standard InChI is InChI=1S/C28H40O9/c1-13-14(12-37-24(13)34)7-23(33)27(4,35)21-5-6-28(36)16-8-18(29)17-9-19(30)20(31)11-25(17,2)15(16)10-22(32)26(21,28)3/h8,13-15,17,19-22,30-32,35-36H,5-7,9-12H2,1-4H3. The zero-order valence-electron chi connectivity index (χ0n) is 22.0. The number of aliphatic hydroxyl groups excluding tert-OH is 3. The number of aliphatic hydroxyl groups is 5. The lowest BCUT2D eigenvalue weighted by Gasteiger charge is -2.62. The van der Waals surface area contributed by atoms with E-state index in [0.717, 1.165) is 0 Å². The predicted molar refractivity (Wildman–Crippen MR) is 130 cm³/mol. The first kappa shape index (κ1) is 26.9. The molecular weight excluding hydrogens is 480 g/mol. The lowest BCUT2D eigenvalue weighted by Crippen LogP contribution is -2.67. The highest BCUT2D eigenvalue weighted by atomic mass is 16.5. The van der Waals surface area contributed by atoms with Crippen LogP contribution in [0.5, 0.6) is 0 Å². The Bertz CT molecular complexity index is 1050. The molecule has 1 heterocycles. The second kappa shape index (κ2) is 8.42. The lowest BCUT2D eigenvalue weighted by atomic mass is 9.45. The number of hydrogen-bond donors (Lipinski definition) is 5. The van der Waals surface area contributed by atoms with Gasteiger partial charge in [0, 0.05) is 29.6 Å². The number of cyclic esters (lactones) is 1. The second-order valence-corrected chi connectivity index (χ2v) is 13.1. The van der Waals surface area contributed by atoms with Crippen molar-refractivity contribution in [2.75, 3.05) is 6.61 Å². The van der Waals surface area contributed by atoms with E-state index in [1.807, 2.05) is 6.92 Å². The highest BCUT2D eigenvalue weighted by Gasteiger charge is 2.72. The fourth-order valence-electron chi connectivity index (χ4n) is 8.78. The molecule has 5 rings (SSSR count). The number of ketones is 2. The number of allylic oxidation sites excluding steroid dienone is 1. The van der Waals surface area contributed by atoms with Crippen LogP contribution in [0.15, 0.2) is 11.6 Å². The molecule has 9 heteroatoms. The van der Waals surface area contributed by atoms with Crippen LogP contribution in [0, 0.1) is 40.4 Å². The van der Waals surface area contributed by atoms with E-state index in [2.05, 4.69) is 0 Å². The molecule has 0 amide bonds. The van der Waals surface area contributed by atoms with Gasteiger partial charge in [-0.2, -0.15) is 0 Å². The smallest absolute Gasteiger partial charge is 0.309 e. The van der Waals surface area contributed by atoms with Crippen LogP contribution < -0.4 is 0 Å². The van der Waals surface area contributed by atoms with E-state index in [-0.39, 0.29) is 62.8 Å². The number of rotatable bonds is 4.